The van der Waals surface area contributed by atoms with Gasteiger partial charge in [-0.25, -0.2) is 0 Å². The quantitative estimate of drug-likeness (QED) is 0.543. The molecule has 0 aliphatic rings. The van der Waals surface area contributed by atoms with Crippen LogP contribution in [0.15, 0.2) is 6.20 Å². The fraction of sp³-hybridized carbons (Fsp3) is 0.875. The van der Waals surface area contributed by atoms with Crippen molar-refractivity contribution in [1.82, 2.24) is 15.0 Å². The molecule has 0 amide bonds. The predicted molar refractivity (Wildman–Crippen MR) is 87.7 cm³/mol. The van der Waals surface area contributed by atoms with Crippen molar-refractivity contribution in [2.75, 3.05) is 0 Å². The molecule has 0 saturated heterocycles. The summed E-state index contributed by atoms with van der Waals surface area (Å²) in [5.74, 6) is 0. The van der Waals surface area contributed by atoms with Crippen LogP contribution in [0.2, 0.25) is 3.43 Å². The van der Waals surface area contributed by atoms with Crippen LogP contribution in [0.4, 0.5) is 0 Å². The Bertz CT molecular complexity index is 341. The molecule has 20 heavy (non-hydrogen) atoms. The second-order valence-corrected chi connectivity index (χ2v) is 11.2. The Morgan fingerprint density at radius 1 is 1.00 bits per heavy atom. The van der Waals surface area contributed by atoms with Crippen molar-refractivity contribution in [1.29, 1.82) is 0 Å². The monoisotopic (exact) mass is 385 g/mol. The first kappa shape index (κ1) is 18.0. The molecule has 0 aliphatic carbocycles. The molecule has 0 atom stereocenters. The predicted octanol–water partition coefficient (Wildman–Crippen LogP) is 3.87. The first-order chi connectivity index (χ1) is 9.67. The molecule has 0 aliphatic heterocycles. The maximum atomic E-state index is 4.15. The summed E-state index contributed by atoms with van der Waals surface area (Å²) < 4.78 is 4.14. The van der Waals surface area contributed by atoms with Crippen LogP contribution in [0, 0.1) is 0 Å². The molecular weight excluding hydrogens is 353 g/mol. The Labute approximate surface area is 135 Å². The van der Waals surface area contributed by atoms with Crippen molar-refractivity contribution >= 4 is 24.9 Å². The average molecular weight is 384 g/mol. The minimum absolute atomic E-state index is 0.640. The molecule has 0 unspecified atom stereocenters. The summed E-state index contributed by atoms with van der Waals surface area (Å²) in [6.07, 6.45) is 14.5. The van der Waals surface area contributed by atoms with Crippen LogP contribution in [0.25, 0.3) is 0 Å². The molecule has 1 aromatic heterocycles. The number of rotatable bonds is 11. The fourth-order valence-corrected chi connectivity index (χ4v) is 7.86. The summed E-state index contributed by atoms with van der Waals surface area (Å²) >= 11 is -0.642. The van der Waals surface area contributed by atoms with Crippen LogP contribution in [0.1, 0.15) is 78.6 Å². The third-order valence-corrected chi connectivity index (χ3v) is 9.81. The second kappa shape index (κ2) is 9.80. The number of nitrogens with zero attached hydrogens (tertiary/aromatic N) is 3. The molecule has 2 radical (unpaired) electrons. The summed E-state index contributed by atoms with van der Waals surface area (Å²) in [5, 5.41) is 8.25. The van der Waals surface area contributed by atoms with E-state index < -0.39 is 21.1 Å². The van der Waals surface area contributed by atoms with E-state index in [4.69, 9.17) is 0 Å². The molecule has 0 aromatic carbocycles. The summed E-state index contributed by atoms with van der Waals surface area (Å²) in [7, 11) is 2.06. The Balaban J connectivity index is 2.84. The number of hydrogen-bond donors (Lipinski definition) is 0. The molecule has 4 heteroatoms. The van der Waals surface area contributed by atoms with E-state index in [0.29, 0.717) is 3.43 Å². The third kappa shape index (κ3) is 5.74. The zero-order valence-electron chi connectivity index (χ0n) is 13.8. The van der Waals surface area contributed by atoms with E-state index in [-0.39, 0.29) is 0 Å². The number of hydrogen-bond acceptors (Lipinski definition) is 2. The van der Waals surface area contributed by atoms with Crippen LogP contribution in [-0.4, -0.2) is 36.1 Å². The zero-order chi connectivity index (χ0) is 14.8. The van der Waals surface area contributed by atoms with Gasteiger partial charge < -0.3 is 0 Å². The van der Waals surface area contributed by atoms with E-state index in [0.717, 1.165) is 0 Å². The number of unbranched alkanes of at least 4 members (excludes halogenated alkanes) is 3. The standard InChI is InChI=1S/C13H27.C3H4N3.Sn/c1-4-7-10-13(11-8-5-2)12-9-6-3;1-6-3-2-4-5-6;/h4-12H2,1-3H3;2H,1H3;. The first-order valence-electron chi connectivity index (χ1n) is 8.30. The van der Waals surface area contributed by atoms with Crippen molar-refractivity contribution in [3.63, 3.8) is 0 Å². The molecule has 0 fully saturated rings. The maximum absolute atomic E-state index is 4.15. The van der Waals surface area contributed by atoms with Gasteiger partial charge in [0.2, 0.25) is 0 Å². The molecule has 3 nitrogen and oxygen atoms in total. The number of aromatic nitrogens is 3. The van der Waals surface area contributed by atoms with Gasteiger partial charge in [0.15, 0.2) is 0 Å². The van der Waals surface area contributed by atoms with Gasteiger partial charge in [0.05, 0.1) is 0 Å². The molecule has 1 rings (SSSR count). The van der Waals surface area contributed by atoms with Crippen molar-refractivity contribution in [3.8, 4) is 0 Å². The Hall–Kier alpha value is -0.0613. The van der Waals surface area contributed by atoms with Gasteiger partial charge in [0.25, 0.3) is 0 Å². The van der Waals surface area contributed by atoms with E-state index in [1.807, 2.05) is 10.9 Å². The van der Waals surface area contributed by atoms with E-state index in [1.165, 1.54) is 61.5 Å². The molecule has 1 aromatic rings. The molecule has 0 bridgehead atoms. The van der Waals surface area contributed by atoms with Crippen molar-refractivity contribution in [2.45, 2.75) is 82.0 Å². The summed E-state index contributed by atoms with van der Waals surface area (Å²) in [6.45, 7) is 6.96. The number of aryl methyl sites for hydroxylation is 1. The first-order valence-corrected chi connectivity index (χ1v) is 11.2. The Morgan fingerprint density at radius 2 is 1.50 bits per heavy atom. The van der Waals surface area contributed by atoms with E-state index >= 15 is 0 Å². The summed E-state index contributed by atoms with van der Waals surface area (Å²) in [5.41, 5.74) is 0. The van der Waals surface area contributed by atoms with Crippen LogP contribution in [0.3, 0.4) is 0 Å². The fourth-order valence-electron chi connectivity index (χ4n) is 2.78. The second-order valence-electron chi connectivity index (χ2n) is 5.96. The zero-order valence-corrected chi connectivity index (χ0v) is 16.6. The molecule has 1 heterocycles. The van der Waals surface area contributed by atoms with E-state index in [2.05, 4.69) is 38.1 Å². The van der Waals surface area contributed by atoms with Gasteiger partial charge in [-0.2, -0.15) is 0 Å². The van der Waals surface area contributed by atoms with Crippen LogP contribution < -0.4 is 3.71 Å². The molecule has 0 saturated carbocycles. The third-order valence-electron chi connectivity index (χ3n) is 4.13. The topological polar surface area (TPSA) is 30.7 Å². The van der Waals surface area contributed by atoms with Gasteiger partial charge in [0.1, 0.15) is 0 Å². The van der Waals surface area contributed by atoms with Gasteiger partial charge in [-0.3, -0.25) is 0 Å². The van der Waals surface area contributed by atoms with Crippen molar-refractivity contribution in [2.24, 2.45) is 7.05 Å². The van der Waals surface area contributed by atoms with Crippen LogP contribution in [-0.2, 0) is 7.05 Å². The average Bonchev–Trinajstić information content (AvgIpc) is 2.85. The summed E-state index contributed by atoms with van der Waals surface area (Å²) in [4.78, 5) is 0. The van der Waals surface area contributed by atoms with Crippen molar-refractivity contribution < 1.29 is 0 Å². The van der Waals surface area contributed by atoms with Gasteiger partial charge in [-0.1, -0.05) is 0 Å². The Kier molecular flexibility index (Phi) is 8.81. The molecule has 0 N–H and O–H groups in total. The van der Waals surface area contributed by atoms with Gasteiger partial charge >= 0.3 is 135 Å². The van der Waals surface area contributed by atoms with Crippen molar-refractivity contribution in [3.05, 3.63) is 6.20 Å². The van der Waals surface area contributed by atoms with E-state index in [9.17, 15) is 0 Å². The molecular formula is C16H31N3Sn. The molecule has 0 spiro atoms. The minimum atomic E-state index is -0.642. The van der Waals surface area contributed by atoms with Gasteiger partial charge in [-0.15, -0.1) is 0 Å². The Morgan fingerprint density at radius 3 is 1.85 bits per heavy atom. The summed E-state index contributed by atoms with van der Waals surface area (Å²) in [6, 6.07) is 0. The van der Waals surface area contributed by atoms with Gasteiger partial charge in [-0.05, 0) is 0 Å². The van der Waals surface area contributed by atoms with Crippen LogP contribution in [0.5, 0.6) is 0 Å². The normalized spacial score (nSPS) is 12.0. The van der Waals surface area contributed by atoms with Crippen LogP contribution >= 0.6 is 0 Å². The SMILES string of the molecule is CCCC[C](CCCC)(CCCC)[Sn][c]1cnnn1C. The molecule has 114 valence electrons. The van der Waals surface area contributed by atoms with Gasteiger partial charge in [0, 0.05) is 0 Å². The van der Waals surface area contributed by atoms with E-state index in [1.54, 1.807) is 0 Å².